The van der Waals surface area contributed by atoms with Crippen molar-refractivity contribution in [3.8, 4) is 0 Å². The van der Waals surface area contributed by atoms with Gasteiger partial charge in [0, 0.05) is 56.2 Å². The van der Waals surface area contributed by atoms with Crippen molar-refractivity contribution in [1.29, 1.82) is 0 Å². The first-order chi connectivity index (χ1) is 23.1. The van der Waals surface area contributed by atoms with E-state index >= 15 is 0 Å². The van der Waals surface area contributed by atoms with Crippen LogP contribution in [0, 0.1) is 17.8 Å². The van der Waals surface area contributed by atoms with Crippen molar-refractivity contribution in [3.63, 3.8) is 0 Å². The highest BCUT2D eigenvalue weighted by molar-refractivity contribution is 5.82. The van der Waals surface area contributed by atoms with Gasteiger partial charge in [-0.15, -0.1) is 5.10 Å². The lowest BCUT2D eigenvalue weighted by Crippen LogP contribution is -2.59. The molecule has 0 radical (unpaired) electrons. The van der Waals surface area contributed by atoms with E-state index in [-0.39, 0.29) is 145 Å². The van der Waals surface area contributed by atoms with E-state index in [0.717, 1.165) is 0 Å². The van der Waals surface area contributed by atoms with Crippen LogP contribution in [0.4, 0.5) is 0 Å². The fourth-order valence-corrected chi connectivity index (χ4v) is 4.20. The molecule has 1 rings (SSSR count). The predicted molar refractivity (Wildman–Crippen MR) is 180 cm³/mol. The number of aromatic nitrogens is 3. The van der Waals surface area contributed by atoms with E-state index in [0.29, 0.717) is 5.69 Å². The quantitative estimate of drug-likeness (QED) is 0.115. The van der Waals surface area contributed by atoms with E-state index in [1.807, 2.05) is 41.5 Å². The summed E-state index contributed by atoms with van der Waals surface area (Å²) in [5.41, 5.74) is -0.743. The number of Topliss-reactive ketones (excluding diaryl/α,β-unsaturated/α-hetero) is 4. The number of rotatable bonds is 29. The number of nitrogens with one attached hydrogen (secondary N) is 2. The van der Waals surface area contributed by atoms with Gasteiger partial charge in [-0.25, -0.2) is 4.68 Å². The first-order valence-electron chi connectivity index (χ1n) is 17.0. The van der Waals surface area contributed by atoms with Gasteiger partial charge < -0.3 is 29.6 Å². The van der Waals surface area contributed by atoms with Gasteiger partial charge in [-0.1, -0.05) is 46.8 Å². The molecular formula is C34H57N5O10. The molecule has 0 saturated carbocycles. The fraction of sp³-hybridized carbons (Fsp3) is 0.765. The van der Waals surface area contributed by atoms with Gasteiger partial charge in [-0.2, -0.15) is 0 Å². The fourth-order valence-electron chi connectivity index (χ4n) is 4.20. The number of nitrogens with zero attached hydrogens (tertiary/aromatic N) is 3. The molecule has 2 amide bonds. The van der Waals surface area contributed by atoms with Crippen LogP contribution in [0.1, 0.15) is 79.8 Å². The second-order valence-electron chi connectivity index (χ2n) is 13.1. The van der Waals surface area contributed by atoms with Gasteiger partial charge in [0.25, 0.3) is 0 Å². The molecule has 0 aliphatic rings. The zero-order valence-electron chi connectivity index (χ0n) is 30.3. The number of hydrogen-bond acceptors (Lipinski definition) is 12. The maximum Gasteiger partial charge on any atom is 0.246 e. The topological polar surface area (TPSA) is 194 Å². The first kappa shape index (κ1) is 43.6. The SMILES string of the molecule is CC(=O)CCOCC(COCCC(=O)C(C)C)(COCCC(=O)C(C)C)NC(=O)COCCn1cc(CC(=O)NCCC(=O)C(C)C)nn1. The standard InChI is InChI=1S/C34H57N5O10/c1-24(2)29(41)8-12-35-32(44)18-28-19-39(38-37-28)13-17-46-20-33(45)36-34(21-47-14-9-27(7)40,22-48-15-10-30(42)25(3)4)23-49-16-11-31(43)26(5)6/h19,24-26H,8-18,20-23H2,1-7H3,(H,35,44)(H,36,45). The maximum absolute atomic E-state index is 13.1. The number of hydrogen-bond donors (Lipinski definition) is 2. The van der Waals surface area contributed by atoms with Gasteiger partial charge in [-0.05, 0) is 6.92 Å². The Morgan fingerprint density at radius 2 is 1.22 bits per heavy atom. The van der Waals surface area contributed by atoms with Crippen molar-refractivity contribution in [2.24, 2.45) is 17.8 Å². The molecule has 2 N–H and O–H groups in total. The van der Waals surface area contributed by atoms with Crippen LogP contribution in [0.15, 0.2) is 6.20 Å². The molecule has 0 fully saturated rings. The van der Waals surface area contributed by atoms with Crippen LogP contribution in [0.25, 0.3) is 0 Å². The molecule has 0 aliphatic heterocycles. The second-order valence-corrected chi connectivity index (χ2v) is 13.1. The summed E-state index contributed by atoms with van der Waals surface area (Å²) in [6.45, 7) is 12.9. The summed E-state index contributed by atoms with van der Waals surface area (Å²) in [7, 11) is 0. The summed E-state index contributed by atoms with van der Waals surface area (Å²) in [4.78, 5) is 72.7. The zero-order valence-corrected chi connectivity index (χ0v) is 30.3. The van der Waals surface area contributed by atoms with E-state index in [4.69, 9.17) is 18.9 Å². The van der Waals surface area contributed by atoms with Crippen LogP contribution < -0.4 is 10.6 Å². The van der Waals surface area contributed by atoms with Crippen LogP contribution in [-0.2, 0) is 60.7 Å². The second kappa shape index (κ2) is 23.9. The molecule has 1 heterocycles. The van der Waals surface area contributed by atoms with Crippen molar-refractivity contribution in [2.45, 2.75) is 92.7 Å². The third-order valence-corrected chi connectivity index (χ3v) is 7.37. The number of ketones is 4. The van der Waals surface area contributed by atoms with Crippen molar-refractivity contribution >= 4 is 34.9 Å². The Labute approximate surface area is 289 Å². The van der Waals surface area contributed by atoms with Crippen molar-refractivity contribution in [3.05, 3.63) is 11.9 Å². The third-order valence-electron chi connectivity index (χ3n) is 7.37. The molecule has 0 spiro atoms. The lowest BCUT2D eigenvalue weighted by atomic mass is 10.0. The molecule has 0 aliphatic carbocycles. The average molecular weight is 696 g/mol. The molecule has 0 unspecified atom stereocenters. The van der Waals surface area contributed by atoms with Gasteiger partial charge in [0.1, 0.15) is 35.3 Å². The summed E-state index contributed by atoms with van der Waals surface area (Å²) in [6.07, 6.45) is 2.48. The van der Waals surface area contributed by atoms with Crippen LogP contribution in [0.3, 0.4) is 0 Å². The zero-order chi connectivity index (χ0) is 36.8. The number of amides is 2. The van der Waals surface area contributed by atoms with E-state index in [2.05, 4.69) is 20.9 Å². The molecule has 0 saturated heterocycles. The molecular weight excluding hydrogens is 638 g/mol. The van der Waals surface area contributed by atoms with Gasteiger partial charge in [0.15, 0.2) is 0 Å². The molecule has 1 aromatic heterocycles. The Balaban J connectivity index is 2.76. The third kappa shape index (κ3) is 20.0. The van der Waals surface area contributed by atoms with Crippen molar-refractivity contribution in [2.75, 3.05) is 59.4 Å². The van der Waals surface area contributed by atoms with Gasteiger partial charge in [-0.3, -0.25) is 28.8 Å². The minimum atomic E-state index is -1.19. The van der Waals surface area contributed by atoms with Crippen molar-refractivity contribution < 1.29 is 47.7 Å². The monoisotopic (exact) mass is 695 g/mol. The maximum atomic E-state index is 13.1. The van der Waals surface area contributed by atoms with Crippen LogP contribution in [0.5, 0.6) is 0 Å². The summed E-state index contributed by atoms with van der Waals surface area (Å²) >= 11 is 0. The van der Waals surface area contributed by atoms with Gasteiger partial charge >= 0.3 is 0 Å². The van der Waals surface area contributed by atoms with E-state index in [9.17, 15) is 28.8 Å². The molecule has 49 heavy (non-hydrogen) atoms. The van der Waals surface area contributed by atoms with Crippen LogP contribution >= 0.6 is 0 Å². The van der Waals surface area contributed by atoms with E-state index in [1.165, 1.54) is 11.6 Å². The van der Waals surface area contributed by atoms with Crippen LogP contribution in [-0.4, -0.2) is 115 Å². The number of carbonyl (C=O) groups is 6. The number of ether oxygens (including phenoxy) is 4. The Morgan fingerprint density at radius 1 is 0.714 bits per heavy atom. The predicted octanol–water partition coefficient (Wildman–Crippen LogP) is 1.68. The molecule has 0 aromatic carbocycles. The lowest BCUT2D eigenvalue weighted by molar-refractivity contribution is -0.134. The molecule has 1 aromatic rings. The molecule has 0 bridgehead atoms. The molecule has 0 atom stereocenters. The highest BCUT2D eigenvalue weighted by Gasteiger charge is 2.34. The first-order valence-corrected chi connectivity index (χ1v) is 17.0. The van der Waals surface area contributed by atoms with Gasteiger partial charge in [0.05, 0.1) is 64.9 Å². The smallest absolute Gasteiger partial charge is 0.246 e. The number of carbonyl (C=O) groups excluding carboxylic acids is 6. The van der Waals surface area contributed by atoms with E-state index in [1.54, 1.807) is 6.20 Å². The van der Waals surface area contributed by atoms with Crippen LogP contribution in [0.2, 0.25) is 0 Å². The Kier molecular flexibility index (Phi) is 21.2. The Hall–Kier alpha value is -3.40. The molecule has 278 valence electrons. The summed E-state index contributed by atoms with van der Waals surface area (Å²) < 4.78 is 24.5. The normalized spacial score (nSPS) is 11.7. The largest absolute Gasteiger partial charge is 0.378 e. The molecule has 15 nitrogen and oxygen atoms in total. The Morgan fingerprint density at radius 3 is 1.73 bits per heavy atom. The van der Waals surface area contributed by atoms with E-state index < -0.39 is 11.4 Å². The highest BCUT2D eigenvalue weighted by atomic mass is 16.5. The van der Waals surface area contributed by atoms with Gasteiger partial charge in [0.2, 0.25) is 11.8 Å². The minimum Gasteiger partial charge on any atom is -0.378 e. The average Bonchev–Trinajstić information content (AvgIpc) is 3.47. The summed E-state index contributed by atoms with van der Waals surface area (Å²) in [6, 6.07) is 0. The summed E-state index contributed by atoms with van der Waals surface area (Å²) in [5.74, 6) is -0.984. The Bertz CT molecular complexity index is 1170. The van der Waals surface area contributed by atoms with Crippen molar-refractivity contribution in [1.82, 2.24) is 25.6 Å². The lowest BCUT2D eigenvalue weighted by Gasteiger charge is -2.34. The highest BCUT2D eigenvalue weighted by Crippen LogP contribution is 2.12. The minimum absolute atomic E-state index is 0.0110. The molecule has 15 heteroatoms. The summed E-state index contributed by atoms with van der Waals surface area (Å²) in [5, 5.41) is 13.6.